The molecule has 6 nitrogen and oxygen atoms in total. The van der Waals surface area contributed by atoms with Gasteiger partial charge in [-0.1, -0.05) is 6.92 Å². The van der Waals surface area contributed by atoms with Gasteiger partial charge in [-0.25, -0.2) is 0 Å². The first-order chi connectivity index (χ1) is 10.0. The molecule has 110 valence electrons. The number of aromatic hydroxyl groups is 1. The summed E-state index contributed by atoms with van der Waals surface area (Å²) in [5.74, 6) is -0.643. The lowest BCUT2D eigenvalue weighted by molar-refractivity contribution is 0.102. The van der Waals surface area contributed by atoms with Crippen LogP contribution < -0.4 is 10.9 Å². The minimum Gasteiger partial charge on any atom is -0.507 e. The summed E-state index contributed by atoms with van der Waals surface area (Å²) in [6.07, 6.45) is 3.11. The van der Waals surface area contributed by atoms with Gasteiger partial charge >= 0.3 is 0 Å². The minimum absolute atomic E-state index is 0.140. The van der Waals surface area contributed by atoms with Gasteiger partial charge in [0.05, 0.1) is 11.9 Å². The zero-order valence-corrected chi connectivity index (χ0v) is 12.5. The van der Waals surface area contributed by atoms with Gasteiger partial charge in [-0.15, -0.1) is 0 Å². The normalized spacial score (nSPS) is 16.8. The molecule has 1 unspecified atom stereocenters. The van der Waals surface area contributed by atoms with Crippen molar-refractivity contribution in [2.45, 2.75) is 25.7 Å². The van der Waals surface area contributed by atoms with Crippen molar-refractivity contribution >= 4 is 23.1 Å². The molecule has 1 amide bonds. The molecule has 2 aromatic heterocycles. The molecule has 2 N–H and O–H groups in total. The second kappa shape index (κ2) is 5.00. The third-order valence-corrected chi connectivity index (χ3v) is 4.54. The Bertz CT molecular complexity index is 765. The van der Waals surface area contributed by atoms with E-state index in [1.54, 1.807) is 12.4 Å². The Hall–Kier alpha value is -2.15. The molecule has 3 rings (SSSR count). The molecule has 21 heavy (non-hydrogen) atoms. The molecule has 7 heteroatoms. The summed E-state index contributed by atoms with van der Waals surface area (Å²) < 4.78 is 5.35. The quantitative estimate of drug-likeness (QED) is 0.887. The predicted molar refractivity (Wildman–Crippen MR) is 80.2 cm³/mol. The lowest BCUT2D eigenvalue weighted by atomic mass is 10.0. The molecular weight excluding hydrogens is 290 g/mol. The van der Waals surface area contributed by atoms with Crippen LogP contribution in [0.1, 0.15) is 40.9 Å². The Balaban J connectivity index is 2.11. The van der Waals surface area contributed by atoms with Crippen LogP contribution in [0.4, 0.5) is 5.69 Å². The van der Waals surface area contributed by atoms with Crippen LogP contribution >= 0.6 is 11.5 Å². The van der Waals surface area contributed by atoms with Gasteiger partial charge in [0.1, 0.15) is 11.3 Å². The molecule has 0 aromatic carbocycles. The van der Waals surface area contributed by atoms with Crippen LogP contribution in [-0.4, -0.2) is 20.0 Å². The highest BCUT2D eigenvalue weighted by atomic mass is 32.1. The Kier molecular flexibility index (Phi) is 3.29. The fraction of sp³-hybridized carbons (Fsp3) is 0.357. The van der Waals surface area contributed by atoms with Gasteiger partial charge in [-0.3, -0.25) is 9.59 Å². The maximum absolute atomic E-state index is 12.4. The standard InChI is InChI=1S/C14H15N3O3S/c1-7-3-4-9-10(7)12(18)11(14(20)17(9)2)13(19)16-8-5-15-21-6-8/h5-7,18H,3-4H2,1-2H3,(H,16,19). The van der Waals surface area contributed by atoms with Crippen LogP contribution in [0.3, 0.4) is 0 Å². The number of pyridine rings is 1. The number of carbonyl (C=O) groups excluding carboxylic acids is 1. The van der Waals surface area contributed by atoms with Gasteiger partial charge in [0.25, 0.3) is 11.5 Å². The zero-order chi connectivity index (χ0) is 15.1. The van der Waals surface area contributed by atoms with Crippen LogP contribution in [0.25, 0.3) is 0 Å². The van der Waals surface area contributed by atoms with Crippen molar-refractivity contribution in [3.05, 3.63) is 38.8 Å². The topological polar surface area (TPSA) is 84.2 Å². The summed E-state index contributed by atoms with van der Waals surface area (Å²) in [6, 6.07) is 0. The Morgan fingerprint density at radius 1 is 1.57 bits per heavy atom. The number of aromatic nitrogens is 2. The molecule has 0 spiro atoms. The van der Waals surface area contributed by atoms with Crippen LogP contribution in [0, 0.1) is 0 Å². The first kappa shape index (κ1) is 13.8. The van der Waals surface area contributed by atoms with E-state index in [4.69, 9.17) is 0 Å². The van der Waals surface area contributed by atoms with Crippen molar-refractivity contribution in [2.75, 3.05) is 5.32 Å². The SMILES string of the molecule is CC1CCc2c1c(O)c(C(=O)Nc1cnsc1)c(=O)n2C. The van der Waals surface area contributed by atoms with E-state index in [-0.39, 0.29) is 17.2 Å². The molecule has 1 atom stereocenters. The van der Waals surface area contributed by atoms with E-state index in [0.717, 1.165) is 18.5 Å². The maximum Gasteiger partial charge on any atom is 0.267 e. The minimum atomic E-state index is -0.602. The van der Waals surface area contributed by atoms with Gasteiger partial charge < -0.3 is 15.0 Å². The lowest BCUT2D eigenvalue weighted by Crippen LogP contribution is -2.30. The average Bonchev–Trinajstić information content (AvgIpc) is 3.06. The average molecular weight is 305 g/mol. The molecule has 1 aliphatic carbocycles. The maximum atomic E-state index is 12.4. The van der Waals surface area contributed by atoms with E-state index >= 15 is 0 Å². The molecule has 0 fully saturated rings. The van der Waals surface area contributed by atoms with Crippen molar-refractivity contribution in [3.8, 4) is 5.75 Å². The second-order valence-electron chi connectivity index (χ2n) is 5.26. The first-order valence-corrected chi connectivity index (χ1v) is 7.49. The monoisotopic (exact) mass is 305 g/mol. The molecule has 0 saturated heterocycles. The molecule has 0 bridgehead atoms. The Labute approximate surface area is 125 Å². The van der Waals surface area contributed by atoms with Crippen LogP contribution in [0.5, 0.6) is 5.75 Å². The summed E-state index contributed by atoms with van der Waals surface area (Å²) in [4.78, 5) is 24.7. The van der Waals surface area contributed by atoms with Gasteiger partial charge in [0.2, 0.25) is 0 Å². The van der Waals surface area contributed by atoms with Crippen LogP contribution in [0.15, 0.2) is 16.4 Å². The van der Waals surface area contributed by atoms with E-state index in [1.807, 2.05) is 6.92 Å². The highest BCUT2D eigenvalue weighted by Crippen LogP contribution is 2.39. The molecule has 0 aliphatic heterocycles. The zero-order valence-electron chi connectivity index (χ0n) is 11.7. The van der Waals surface area contributed by atoms with E-state index in [1.165, 1.54) is 22.3 Å². The molecule has 2 heterocycles. The van der Waals surface area contributed by atoms with Crippen LogP contribution in [0.2, 0.25) is 0 Å². The van der Waals surface area contributed by atoms with E-state index < -0.39 is 11.5 Å². The fourth-order valence-corrected chi connectivity index (χ4v) is 3.29. The highest BCUT2D eigenvalue weighted by molar-refractivity contribution is 7.04. The Morgan fingerprint density at radius 2 is 2.33 bits per heavy atom. The van der Waals surface area contributed by atoms with E-state index in [0.29, 0.717) is 11.3 Å². The number of nitrogens with zero attached hydrogens (tertiary/aromatic N) is 2. The smallest absolute Gasteiger partial charge is 0.267 e. The summed E-state index contributed by atoms with van der Waals surface area (Å²) in [5.41, 5.74) is 1.38. The Morgan fingerprint density at radius 3 is 3.00 bits per heavy atom. The highest BCUT2D eigenvalue weighted by Gasteiger charge is 2.30. The number of carbonyl (C=O) groups is 1. The molecule has 1 aliphatic rings. The number of rotatable bonds is 2. The van der Waals surface area contributed by atoms with Gasteiger partial charge in [0, 0.05) is 23.7 Å². The first-order valence-electron chi connectivity index (χ1n) is 6.66. The largest absolute Gasteiger partial charge is 0.507 e. The third-order valence-electron chi connectivity index (χ3n) is 3.95. The van der Waals surface area contributed by atoms with Crippen molar-refractivity contribution in [3.63, 3.8) is 0 Å². The molecule has 0 saturated carbocycles. The number of hydrogen-bond acceptors (Lipinski definition) is 5. The van der Waals surface area contributed by atoms with Crippen molar-refractivity contribution in [1.82, 2.24) is 8.94 Å². The lowest BCUT2D eigenvalue weighted by Gasteiger charge is -2.14. The van der Waals surface area contributed by atoms with Gasteiger partial charge in [-0.2, -0.15) is 4.37 Å². The summed E-state index contributed by atoms with van der Waals surface area (Å²) in [6.45, 7) is 1.99. The van der Waals surface area contributed by atoms with Crippen LogP contribution in [-0.2, 0) is 13.5 Å². The van der Waals surface area contributed by atoms with E-state index in [9.17, 15) is 14.7 Å². The number of anilines is 1. The number of amides is 1. The summed E-state index contributed by atoms with van der Waals surface area (Å²) >= 11 is 1.20. The summed E-state index contributed by atoms with van der Waals surface area (Å²) in [7, 11) is 1.64. The number of hydrogen-bond donors (Lipinski definition) is 2. The fourth-order valence-electron chi connectivity index (χ4n) is 2.83. The van der Waals surface area contributed by atoms with Gasteiger partial charge in [-0.05, 0) is 30.3 Å². The molecular formula is C14H15N3O3S. The van der Waals surface area contributed by atoms with Crippen molar-refractivity contribution in [2.24, 2.45) is 7.05 Å². The summed E-state index contributed by atoms with van der Waals surface area (Å²) in [5, 5.41) is 14.6. The molecule has 2 aromatic rings. The second-order valence-corrected chi connectivity index (χ2v) is 5.91. The molecule has 0 radical (unpaired) electrons. The van der Waals surface area contributed by atoms with E-state index in [2.05, 4.69) is 9.69 Å². The van der Waals surface area contributed by atoms with Crippen molar-refractivity contribution in [1.29, 1.82) is 0 Å². The van der Waals surface area contributed by atoms with Crippen molar-refractivity contribution < 1.29 is 9.90 Å². The number of fused-ring (bicyclic) bond motifs is 1. The third kappa shape index (κ3) is 2.13. The predicted octanol–water partition coefficient (Wildman–Crippen LogP) is 1.85. The van der Waals surface area contributed by atoms with Gasteiger partial charge in [0.15, 0.2) is 0 Å². The number of nitrogens with one attached hydrogen (secondary N) is 1.